The van der Waals surface area contributed by atoms with Crippen LogP contribution in [0.3, 0.4) is 0 Å². The van der Waals surface area contributed by atoms with Crippen molar-refractivity contribution >= 4 is 17.7 Å². The highest BCUT2D eigenvalue weighted by molar-refractivity contribution is 5.90. The van der Waals surface area contributed by atoms with Crippen LogP contribution < -0.4 is 10.6 Å². The van der Waals surface area contributed by atoms with Crippen LogP contribution in [0.4, 0.5) is 23.7 Å². The number of urea groups is 1. The van der Waals surface area contributed by atoms with Crippen molar-refractivity contribution in [3.63, 3.8) is 0 Å². The number of halogens is 3. The lowest BCUT2D eigenvalue weighted by Crippen LogP contribution is -2.50. The molecule has 156 valence electrons. The number of carbonyl (C=O) groups excluding carboxylic acids is 2. The molecule has 28 heavy (non-hydrogen) atoms. The third-order valence-corrected chi connectivity index (χ3v) is 4.81. The van der Waals surface area contributed by atoms with Crippen LogP contribution in [0.1, 0.15) is 50.2 Å². The maximum absolute atomic E-state index is 13.4. The molecular weight excluding hydrogens is 377 g/mol. The number of hydrogen-bond acceptors (Lipinski definition) is 4. The SMILES string of the molecule is CCOC(=O)[C@](O)(c1ccc(NC(=O)NC2CCCCC2)c(C)c1)C(F)(F)F. The molecule has 0 radical (unpaired) electrons. The average molecular weight is 402 g/mol. The molecule has 1 aliphatic carbocycles. The Hall–Kier alpha value is -2.29. The van der Waals surface area contributed by atoms with Gasteiger partial charge in [0.1, 0.15) is 0 Å². The van der Waals surface area contributed by atoms with Crippen LogP contribution in [-0.4, -0.2) is 35.9 Å². The number of alkyl halides is 3. The first-order chi connectivity index (χ1) is 13.1. The summed E-state index contributed by atoms with van der Waals surface area (Å²) < 4.78 is 44.7. The van der Waals surface area contributed by atoms with E-state index in [1.165, 1.54) is 19.9 Å². The number of amides is 2. The van der Waals surface area contributed by atoms with Crippen molar-refractivity contribution in [3.8, 4) is 0 Å². The van der Waals surface area contributed by atoms with Gasteiger partial charge in [0, 0.05) is 17.3 Å². The highest BCUT2D eigenvalue weighted by atomic mass is 19.4. The standard InChI is InChI=1S/C19H25F3N2O4/c1-3-28-16(25)18(27,19(20,21)22)13-9-10-15(12(2)11-13)24-17(26)23-14-7-5-4-6-8-14/h9-11,14,27H,3-8H2,1-2H3,(H2,23,24,26)/t18-/m1/s1. The second-order valence-corrected chi connectivity index (χ2v) is 6.89. The smallest absolute Gasteiger partial charge is 0.432 e. The Morgan fingerprint density at radius 1 is 1.21 bits per heavy atom. The van der Waals surface area contributed by atoms with Gasteiger partial charge in [-0.2, -0.15) is 13.2 Å². The number of esters is 1. The van der Waals surface area contributed by atoms with Gasteiger partial charge in [0.05, 0.1) is 6.61 Å². The Kier molecular flexibility index (Phi) is 6.92. The van der Waals surface area contributed by atoms with Crippen LogP contribution in [0.5, 0.6) is 0 Å². The molecule has 1 aliphatic rings. The highest BCUT2D eigenvalue weighted by Gasteiger charge is 2.62. The van der Waals surface area contributed by atoms with Gasteiger partial charge >= 0.3 is 18.2 Å². The molecule has 0 aromatic heterocycles. The van der Waals surface area contributed by atoms with E-state index in [1.807, 2.05) is 0 Å². The third kappa shape index (κ3) is 4.76. The van der Waals surface area contributed by atoms with E-state index in [1.54, 1.807) is 0 Å². The van der Waals surface area contributed by atoms with Gasteiger partial charge in [-0.15, -0.1) is 0 Å². The minimum absolute atomic E-state index is 0.0764. The number of nitrogens with one attached hydrogen (secondary N) is 2. The molecule has 0 aliphatic heterocycles. The molecule has 2 amide bonds. The molecule has 1 aromatic rings. The van der Waals surface area contributed by atoms with Crippen molar-refractivity contribution in [2.24, 2.45) is 0 Å². The Balaban J connectivity index is 2.19. The predicted molar refractivity (Wildman–Crippen MR) is 96.8 cm³/mol. The Morgan fingerprint density at radius 2 is 1.86 bits per heavy atom. The quantitative estimate of drug-likeness (QED) is 0.655. The lowest BCUT2D eigenvalue weighted by molar-refractivity contribution is -0.267. The lowest BCUT2D eigenvalue weighted by Gasteiger charge is -2.29. The van der Waals surface area contributed by atoms with Crippen molar-refractivity contribution < 1.29 is 32.6 Å². The van der Waals surface area contributed by atoms with Crippen molar-refractivity contribution in [1.82, 2.24) is 5.32 Å². The van der Waals surface area contributed by atoms with Crippen LogP contribution in [0, 0.1) is 6.92 Å². The summed E-state index contributed by atoms with van der Waals surface area (Å²) in [5.74, 6) is -1.79. The fourth-order valence-corrected chi connectivity index (χ4v) is 3.25. The van der Waals surface area contributed by atoms with E-state index in [-0.39, 0.29) is 23.9 Å². The number of aliphatic hydroxyl groups is 1. The van der Waals surface area contributed by atoms with Crippen LogP contribution in [0.15, 0.2) is 18.2 Å². The summed E-state index contributed by atoms with van der Waals surface area (Å²) in [7, 11) is 0. The first-order valence-corrected chi connectivity index (χ1v) is 9.24. The predicted octanol–water partition coefficient (Wildman–Crippen LogP) is 3.76. The Morgan fingerprint density at radius 3 is 2.39 bits per heavy atom. The second-order valence-electron chi connectivity index (χ2n) is 6.89. The molecule has 0 spiro atoms. The molecule has 3 N–H and O–H groups in total. The molecule has 0 bridgehead atoms. The summed E-state index contributed by atoms with van der Waals surface area (Å²) in [6.45, 7) is 2.51. The summed E-state index contributed by atoms with van der Waals surface area (Å²) in [4.78, 5) is 24.0. The van der Waals surface area contributed by atoms with Gasteiger partial charge in [0.25, 0.3) is 5.60 Å². The largest absolute Gasteiger partial charge is 0.463 e. The minimum Gasteiger partial charge on any atom is -0.463 e. The third-order valence-electron chi connectivity index (χ3n) is 4.81. The molecule has 1 aromatic carbocycles. The first-order valence-electron chi connectivity index (χ1n) is 9.24. The minimum atomic E-state index is -5.26. The molecular formula is C19H25F3N2O4. The van der Waals surface area contributed by atoms with E-state index in [9.17, 15) is 27.9 Å². The van der Waals surface area contributed by atoms with Crippen LogP contribution in [-0.2, 0) is 15.1 Å². The van der Waals surface area contributed by atoms with Crippen LogP contribution in [0.2, 0.25) is 0 Å². The summed E-state index contributed by atoms with van der Waals surface area (Å²) in [6.07, 6.45) is -0.250. The Labute approximate surface area is 161 Å². The van der Waals surface area contributed by atoms with Gasteiger partial charge in [-0.1, -0.05) is 31.4 Å². The number of aryl methyl sites for hydroxylation is 1. The molecule has 0 saturated heterocycles. The molecule has 9 heteroatoms. The average Bonchev–Trinajstić information content (AvgIpc) is 2.62. The van der Waals surface area contributed by atoms with Crippen molar-refractivity contribution in [2.75, 3.05) is 11.9 Å². The molecule has 2 rings (SSSR count). The van der Waals surface area contributed by atoms with Gasteiger partial charge in [-0.25, -0.2) is 9.59 Å². The van der Waals surface area contributed by atoms with E-state index in [2.05, 4.69) is 15.4 Å². The van der Waals surface area contributed by atoms with Gasteiger partial charge < -0.3 is 20.5 Å². The molecule has 1 saturated carbocycles. The monoisotopic (exact) mass is 402 g/mol. The van der Waals surface area contributed by atoms with E-state index in [4.69, 9.17) is 0 Å². The Bertz CT molecular complexity index is 718. The van der Waals surface area contributed by atoms with Crippen LogP contribution >= 0.6 is 0 Å². The van der Waals surface area contributed by atoms with E-state index in [0.29, 0.717) is 0 Å². The zero-order chi connectivity index (χ0) is 20.9. The van der Waals surface area contributed by atoms with Crippen molar-refractivity contribution in [2.45, 2.75) is 63.8 Å². The fourth-order valence-electron chi connectivity index (χ4n) is 3.25. The first kappa shape index (κ1) is 22.0. The summed E-state index contributed by atoms with van der Waals surface area (Å²) in [5.41, 5.74) is -3.90. The second kappa shape index (κ2) is 8.81. The van der Waals surface area contributed by atoms with Crippen molar-refractivity contribution in [1.29, 1.82) is 0 Å². The van der Waals surface area contributed by atoms with E-state index in [0.717, 1.165) is 44.2 Å². The van der Waals surface area contributed by atoms with Crippen molar-refractivity contribution in [3.05, 3.63) is 29.3 Å². The van der Waals surface area contributed by atoms with Gasteiger partial charge in [0.15, 0.2) is 0 Å². The molecule has 1 fully saturated rings. The maximum Gasteiger partial charge on any atom is 0.432 e. The normalized spacial score (nSPS) is 17.5. The fraction of sp³-hybridized carbons (Fsp3) is 0.579. The number of carbonyl (C=O) groups is 2. The van der Waals surface area contributed by atoms with Gasteiger partial charge in [0.2, 0.25) is 0 Å². The van der Waals surface area contributed by atoms with Gasteiger partial charge in [-0.05, 0) is 38.3 Å². The summed E-state index contributed by atoms with van der Waals surface area (Å²) in [5, 5.41) is 15.6. The molecule has 0 heterocycles. The number of hydrogen-bond donors (Lipinski definition) is 3. The molecule has 1 atom stereocenters. The zero-order valence-electron chi connectivity index (χ0n) is 15.9. The summed E-state index contributed by atoms with van der Waals surface area (Å²) >= 11 is 0. The highest BCUT2D eigenvalue weighted by Crippen LogP contribution is 2.41. The van der Waals surface area contributed by atoms with E-state index < -0.39 is 29.3 Å². The zero-order valence-corrected chi connectivity index (χ0v) is 15.9. The van der Waals surface area contributed by atoms with Gasteiger partial charge in [-0.3, -0.25) is 0 Å². The maximum atomic E-state index is 13.4. The number of benzene rings is 1. The number of rotatable bonds is 5. The molecule has 0 unspecified atom stereocenters. The number of anilines is 1. The topological polar surface area (TPSA) is 87.7 Å². The van der Waals surface area contributed by atoms with E-state index >= 15 is 0 Å². The summed E-state index contributed by atoms with van der Waals surface area (Å²) in [6, 6.07) is 2.82. The number of ether oxygens (including phenoxy) is 1. The van der Waals surface area contributed by atoms with Crippen LogP contribution in [0.25, 0.3) is 0 Å². The lowest BCUT2D eigenvalue weighted by atomic mass is 9.91. The molecule has 6 nitrogen and oxygen atoms in total.